The maximum atomic E-state index is 13.9. The van der Waals surface area contributed by atoms with Crippen molar-refractivity contribution in [3.63, 3.8) is 0 Å². The molecule has 0 bridgehead atoms. The Hall–Kier alpha value is -5.38. The van der Waals surface area contributed by atoms with Gasteiger partial charge in [0.25, 0.3) is 5.56 Å². The number of hydrogen-bond donors (Lipinski definition) is 2. The molecule has 0 aliphatic rings. The Morgan fingerprint density at radius 3 is 2.10 bits per heavy atom. The number of anilines is 1. The Balaban J connectivity index is 1.57. The summed E-state index contributed by atoms with van der Waals surface area (Å²) >= 11 is 0. The van der Waals surface area contributed by atoms with E-state index in [0.29, 0.717) is 11.1 Å². The number of aryl methyl sites for hydroxylation is 2. The standard InChI is InChI=1S/C40H47N3O7/c1-26-20-21-43(24-30-16-19-33(48-8)27(2)22-30)36(45)34(26)42-35(44)32(41-38(47)49-25-29-12-10-9-11-13-29)23-28-14-17-31(18-15-28)40(6,7)37(46)50-39(3,4)5/h9-22,32H,23-25H2,1-8H3,(H,41,47)(H,42,44). The van der Waals surface area contributed by atoms with Crippen molar-refractivity contribution in [2.24, 2.45) is 0 Å². The number of benzene rings is 3. The molecule has 1 unspecified atom stereocenters. The van der Waals surface area contributed by atoms with Gasteiger partial charge in [0.05, 0.1) is 19.1 Å². The molecule has 0 aliphatic heterocycles. The predicted octanol–water partition coefficient (Wildman–Crippen LogP) is 6.62. The van der Waals surface area contributed by atoms with Gasteiger partial charge in [-0.05, 0) is 94.0 Å². The predicted molar refractivity (Wildman–Crippen MR) is 193 cm³/mol. The van der Waals surface area contributed by atoms with Gasteiger partial charge in [-0.25, -0.2) is 4.79 Å². The molecule has 264 valence electrons. The van der Waals surface area contributed by atoms with Crippen LogP contribution in [0.15, 0.2) is 89.9 Å². The number of alkyl carbamates (subject to hydrolysis) is 1. The maximum Gasteiger partial charge on any atom is 0.408 e. The summed E-state index contributed by atoms with van der Waals surface area (Å²) in [6, 6.07) is 22.8. The van der Waals surface area contributed by atoms with Gasteiger partial charge in [0, 0.05) is 12.6 Å². The highest BCUT2D eigenvalue weighted by atomic mass is 16.6. The monoisotopic (exact) mass is 681 g/mol. The minimum atomic E-state index is -1.10. The van der Waals surface area contributed by atoms with Crippen molar-refractivity contribution in [1.82, 2.24) is 9.88 Å². The van der Waals surface area contributed by atoms with Crippen molar-refractivity contribution in [1.29, 1.82) is 0 Å². The van der Waals surface area contributed by atoms with Crippen LogP contribution in [0.5, 0.6) is 5.75 Å². The molecular weight excluding hydrogens is 634 g/mol. The summed E-state index contributed by atoms with van der Waals surface area (Å²) in [4.78, 5) is 53.4. The first-order valence-electron chi connectivity index (χ1n) is 16.5. The Bertz CT molecular complexity index is 1870. The average Bonchev–Trinajstić information content (AvgIpc) is 3.06. The molecule has 0 radical (unpaired) electrons. The molecule has 10 nitrogen and oxygen atoms in total. The van der Waals surface area contributed by atoms with E-state index in [1.807, 2.05) is 88.4 Å². The van der Waals surface area contributed by atoms with Crippen LogP contribution in [-0.4, -0.2) is 41.3 Å². The van der Waals surface area contributed by atoms with Crippen LogP contribution in [0.3, 0.4) is 0 Å². The van der Waals surface area contributed by atoms with Crippen molar-refractivity contribution in [2.45, 2.75) is 85.1 Å². The molecule has 1 atom stereocenters. The highest BCUT2D eigenvalue weighted by molar-refractivity contribution is 5.97. The number of nitrogens with one attached hydrogen (secondary N) is 2. The number of ether oxygens (including phenoxy) is 3. The number of nitrogens with zero attached hydrogens (tertiary/aromatic N) is 1. The second-order valence-corrected chi connectivity index (χ2v) is 13.9. The third kappa shape index (κ3) is 9.84. The molecule has 10 heteroatoms. The van der Waals surface area contributed by atoms with Crippen LogP contribution in [0.2, 0.25) is 0 Å². The van der Waals surface area contributed by atoms with Gasteiger partial charge >= 0.3 is 12.1 Å². The van der Waals surface area contributed by atoms with Gasteiger partial charge < -0.3 is 29.4 Å². The summed E-state index contributed by atoms with van der Waals surface area (Å²) in [5.74, 6) is -0.193. The topological polar surface area (TPSA) is 125 Å². The maximum absolute atomic E-state index is 13.9. The van der Waals surface area contributed by atoms with Crippen LogP contribution in [0.4, 0.5) is 10.5 Å². The van der Waals surface area contributed by atoms with E-state index >= 15 is 0 Å². The number of methoxy groups -OCH3 is 1. The van der Waals surface area contributed by atoms with Gasteiger partial charge in [0.15, 0.2) is 0 Å². The lowest BCUT2D eigenvalue weighted by Crippen LogP contribution is -2.46. The molecule has 1 aromatic heterocycles. The fourth-order valence-corrected chi connectivity index (χ4v) is 5.32. The van der Waals surface area contributed by atoms with Crippen LogP contribution in [0.25, 0.3) is 0 Å². The Labute approximate surface area is 293 Å². The smallest absolute Gasteiger partial charge is 0.408 e. The Kier molecular flexibility index (Phi) is 11.9. The summed E-state index contributed by atoms with van der Waals surface area (Å²) in [6.07, 6.45) is 0.989. The zero-order valence-corrected chi connectivity index (χ0v) is 30.1. The Morgan fingerprint density at radius 2 is 1.48 bits per heavy atom. The fraction of sp³-hybridized carbons (Fsp3) is 0.350. The lowest BCUT2D eigenvalue weighted by atomic mass is 9.84. The van der Waals surface area contributed by atoms with E-state index in [0.717, 1.165) is 28.0 Å². The summed E-state index contributed by atoms with van der Waals surface area (Å²) in [6.45, 7) is 13.0. The second-order valence-electron chi connectivity index (χ2n) is 13.9. The number of hydrogen-bond acceptors (Lipinski definition) is 7. The van der Waals surface area contributed by atoms with Gasteiger partial charge in [-0.1, -0.05) is 66.7 Å². The van der Waals surface area contributed by atoms with E-state index in [9.17, 15) is 19.2 Å². The molecule has 2 amide bonds. The third-order valence-corrected chi connectivity index (χ3v) is 8.28. The minimum Gasteiger partial charge on any atom is -0.496 e. The van der Waals surface area contributed by atoms with E-state index in [1.54, 1.807) is 52.3 Å². The first kappa shape index (κ1) is 37.4. The number of pyridine rings is 1. The number of esters is 1. The molecule has 1 heterocycles. The summed E-state index contributed by atoms with van der Waals surface area (Å²) in [7, 11) is 1.61. The highest BCUT2D eigenvalue weighted by Gasteiger charge is 2.34. The SMILES string of the molecule is COc1ccc(Cn2ccc(C)c(NC(=O)C(Cc3ccc(C(C)(C)C(=O)OC(C)(C)C)cc3)NC(=O)OCc3ccccc3)c2=O)cc1C. The quantitative estimate of drug-likeness (QED) is 0.161. The Morgan fingerprint density at radius 1 is 0.820 bits per heavy atom. The normalized spacial score (nSPS) is 12.1. The molecule has 0 saturated heterocycles. The lowest BCUT2D eigenvalue weighted by Gasteiger charge is -2.29. The molecule has 0 spiro atoms. The molecule has 2 N–H and O–H groups in total. The van der Waals surface area contributed by atoms with Crippen LogP contribution in [0.1, 0.15) is 68.0 Å². The van der Waals surface area contributed by atoms with Crippen molar-refractivity contribution in [3.8, 4) is 5.75 Å². The molecule has 0 aliphatic carbocycles. The first-order chi connectivity index (χ1) is 23.6. The summed E-state index contributed by atoms with van der Waals surface area (Å²) < 4.78 is 17.9. The van der Waals surface area contributed by atoms with Gasteiger partial charge in [-0.15, -0.1) is 0 Å². The van der Waals surface area contributed by atoms with Crippen LogP contribution < -0.4 is 20.9 Å². The number of amides is 2. The zero-order chi connectivity index (χ0) is 36.6. The van der Waals surface area contributed by atoms with Gasteiger partial charge in [-0.3, -0.25) is 14.4 Å². The third-order valence-electron chi connectivity index (χ3n) is 8.28. The van der Waals surface area contributed by atoms with Crippen molar-refractivity contribution in [2.75, 3.05) is 12.4 Å². The van der Waals surface area contributed by atoms with E-state index < -0.39 is 29.1 Å². The minimum absolute atomic E-state index is 0.0167. The number of carbonyl (C=O) groups excluding carboxylic acids is 3. The molecule has 3 aromatic carbocycles. The van der Waals surface area contributed by atoms with Crippen LogP contribution in [0, 0.1) is 13.8 Å². The first-order valence-corrected chi connectivity index (χ1v) is 16.5. The average molecular weight is 682 g/mol. The zero-order valence-electron chi connectivity index (χ0n) is 30.1. The summed E-state index contributed by atoms with van der Waals surface area (Å²) in [5.41, 5.74) is 2.83. The van der Waals surface area contributed by atoms with E-state index in [1.165, 1.54) is 4.57 Å². The molecular formula is C40H47N3O7. The number of rotatable bonds is 12. The largest absolute Gasteiger partial charge is 0.496 e. The van der Waals surface area contributed by atoms with Crippen LogP contribution in [-0.2, 0) is 44.1 Å². The highest BCUT2D eigenvalue weighted by Crippen LogP contribution is 2.28. The van der Waals surface area contributed by atoms with E-state index in [-0.39, 0.29) is 36.8 Å². The van der Waals surface area contributed by atoms with Gasteiger partial charge in [0.2, 0.25) is 5.91 Å². The van der Waals surface area contributed by atoms with Crippen molar-refractivity contribution in [3.05, 3.63) is 129 Å². The van der Waals surface area contributed by atoms with Crippen molar-refractivity contribution < 1.29 is 28.6 Å². The number of carbonyl (C=O) groups is 3. The number of aromatic nitrogens is 1. The molecule has 0 saturated carbocycles. The van der Waals surface area contributed by atoms with Crippen LogP contribution >= 0.6 is 0 Å². The molecule has 50 heavy (non-hydrogen) atoms. The van der Waals surface area contributed by atoms with Gasteiger partial charge in [0.1, 0.15) is 29.7 Å². The summed E-state index contributed by atoms with van der Waals surface area (Å²) in [5, 5.41) is 5.47. The molecule has 0 fully saturated rings. The van der Waals surface area contributed by atoms with E-state index in [2.05, 4.69) is 10.6 Å². The van der Waals surface area contributed by atoms with Gasteiger partial charge in [-0.2, -0.15) is 0 Å². The molecule has 4 aromatic rings. The van der Waals surface area contributed by atoms with E-state index in [4.69, 9.17) is 14.2 Å². The lowest BCUT2D eigenvalue weighted by molar-refractivity contribution is -0.160. The molecule has 4 rings (SSSR count). The van der Waals surface area contributed by atoms with Crippen molar-refractivity contribution >= 4 is 23.7 Å². The second kappa shape index (κ2) is 15.9. The fourth-order valence-electron chi connectivity index (χ4n) is 5.32.